The molecule has 33 heavy (non-hydrogen) atoms. The second kappa shape index (κ2) is 10.6. The van der Waals surface area contributed by atoms with Gasteiger partial charge in [0.25, 0.3) is 5.91 Å². The first-order valence-electron chi connectivity index (χ1n) is 11.5. The van der Waals surface area contributed by atoms with Crippen LogP contribution in [0.4, 0.5) is 0 Å². The summed E-state index contributed by atoms with van der Waals surface area (Å²) in [6.45, 7) is 5.23. The fraction of sp³-hybridized carbons (Fsp3) is 0.440. The zero-order valence-corrected chi connectivity index (χ0v) is 19.0. The summed E-state index contributed by atoms with van der Waals surface area (Å²) in [5.41, 5.74) is 1.76. The van der Waals surface area contributed by atoms with Gasteiger partial charge in [-0.05, 0) is 44.9 Å². The number of amides is 2. The average molecular weight is 450 g/mol. The molecular weight excluding hydrogens is 418 g/mol. The second-order valence-electron chi connectivity index (χ2n) is 8.74. The van der Waals surface area contributed by atoms with Gasteiger partial charge in [0.2, 0.25) is 5.91 Å². The van der Waals surface area contributed by atoms with E-state index in [2.05, 4.69) is 25.5 Å². The smallest absolute Gasteiger partial charge is 0.255 e. The summed E-state index contributed by atoms with van der Waals surface area (Å²) in [5, 5.41) is 5.93. The molecule has 1 atom stereocenters. The SMILES string of the molecule is Cc1cnc(CN2CCCC3(CC=CCOc4ccccc4C(=O)NCCNC3=O)C2)cn1. The van der Waals surface area contributed by atoms with Crippen LogP contribution >= 0.6 is 0 Å². The highest BCUT2D eigenvalue weighted by atomic mass is 16.5. The van der Waals surface area contributed by atoms with Crippen LogP contribution in [0.2, 0.25) is 0 Å². The first kappa shape index (κ1) is 22.9. The Morgan fingerprint density at radius 3 is 2.79 bits per heavy atom. The Morgan fingerprint density at radius 1 is 1.09 bits per heavy atom. The Balaban J connectivity index is 1.49. The number of carbonyl (C=O) groups excluding carboxylic acids is 2. The van der Waals surface area contributed by atoms with E-state index in [-0.39, 0.29) is 11.8 Å². The van der Waals surface area contributed by atoms with Crippen molar-refractivity contribution in [1.29, 1.82) is 0 Å². The number of benzene rings is 1. The number of likely N-dealkylation sites (tertiary alicyclic amines) is 1. The predicted molar refractivity (Wildman–Crippen MR) is 125 cm³/mol. The van der Waals surface area contributed by atoms with E-state index in [1.165, 1.54) is 0 Å². The van der Waals surface area contributed by atoms with Gasteiger partial charge in [-0.25, -0.2) is 0 Å². The lowest BCUT2D eigenvalue weighted by molar-refractivity contribution is -0.134. The number of fused-ring (bicyclic) bond motifs is 1. The predicted octanol–water partition coefficient (Wildman–Crippen LogP) is 2.25. The zero-order chi connectivity index (χ0) is 23.1. The molecule has 4 rings (SSSR count). The second-order valence-corrected chi connectivity index (χ2v) is 8.74. The van der Waals surface area contributed by atoms with Crippen molar-refractivity contribution in [3.63, 3.8) is 0 Å². The fourth-order valence-electron chi connectivity index (χ4n) is 4.47. The molecule has 0 saturated carbocycles. The molecule has 0 radical (unpaired) electrons. The standard InChI is InChI=1S/C25H31N5O3/c1-19-15-29-20(16-28-19)17-30-13-6-10-25(18-30)9-4-5-14-33-22-8-3-2-7-21(22)23(31)26-11-12-27-24(25)32/h2-5,7-8,15-16H,6,9-14,17-18H2,1H3,(H,26,31)(H,27,32). The molecule has 1 fully saturated rings. The maximum atomic E-state index is 13.3. The van der Waals surface area contributed by atoms with Crippen LogP contribution in [-0.4, -0.2) is 59.5 Å². The lowest BCUT2D eigenvalue weighted by atomic mass is 9.76. The molecule has 0 bridgehead atoms. The summed E-state index contributed by atoms with van der Waals surface area (Å²) in [7, 11) is 0. The van der Waals surface area contributed by atoms with Crippen LogP contribution in [0.3, 0.4) is 0 Å². The number of piperidine rings is 1. The van der Waals surface area contributed by atoms with Gasteiger partial charge in [0.05, 0.1) is 22.4 Å². The largest absolute Gasteiger partial charge is 0.489 e. The number of ether oxygens (including phenoxy) is 1. The molecular formula is C25H31N5O3. The molecule has 0 aliphatic carbocycles. The van der Waals surface area contributed by atoms with Gasteiger partial charge in [-0.3, -0.25) is 24.5 Å². The summed E-state index contributed by atoms with van der Waals surface area (Å²) in [5.74, 6) is 0.372. The van der Waals surface area contributed by atoms with Gasteiger partial charge < -0.3 is 15.4 Å². The van der Waals surface area contributed by atoms with Crippen molar-refractivity contribution in [3.05, 3.63) is 65.8 Å². The van der Waals surface area contributed by atoms with Crippen molar-refractivity contribution < 1.29 is 14.3 Å². The van der Waals surface area contributed by atoms with E-state index in [4.69, 9.17) is 4.74 Å². The number of rotatable bonds is 2. The van der Waals surface area contributed by atoms with Crippen molar-refractivity contribution in [2.24, 2.45) is 5.41 Å². The topological polar surface area (TPSA) is 96.5 Å². The van der Waals surface area contributed by atoms with Crippen LogP contribution in [0.1, 0.15) is 41.0 Å². The zero-order valence-electron chi connectivity index (χ0n) is 19.0. The minimum atomic E-state index is -0.529. The number of hydrogen-bond acceptors (Lipinski definition) is 6. The van der Waals surface area contributed by atoms with Crippen molar-refractivity contribution in [2.75, 3.05) is 32.8 Å². The van der Waals surface area contributed by atoms with E-state index in [0.717, 1.165) is 30.8 Å². The average Bonchev–Trinajstić information content (AvgIpc) is 2.83. The Bertz CT molecular complexity index is 1010. The summed E-state index contributed by atoms with van der Waals surface area (Å²) in [4.78, 5) is 37.0. The summed E-state index contributed by atoms with van der Waals surface area (Å²) >= 11 is 0. The Hall–Kier alpha value is -3.26. The highest BCUT2D eigenvalue weighted by Gasteiger charge is 2.41. The van der Waals surface area contributed by atoms with Gasteiger partial charge in [0, 0.05) is 38.6 Å². The van der Waals surface area contributed by atoms with E-state index in [9.17, 15) is 9.59 Å². The molecule has 2 aliphatic rings. The van der Waals surface area contributed by atoms with E-state index in [1.54, 1.807) is 18.3 Å². The number of hydrogen-bond donors (Lipinski definition) is 2. The van der Waals surface area contributed by atoms with Gasteiger partial charge in [0.15, 0.2) is 0 Å². The molecule has 1 saturated heterocycles. The van der Waals surface area contributed by atoms with Crippen LogP contribution in [-0.2, 0) is 11.3 Å². The highest BCUT2D eigenvalue weighted by molar-refractivity contribution is 5.96. The van der Waals surface area contributed by atoms with Crippen LogP contribution in [0.15, 0.2) is 48.8 Å². The summed E-state index contributed by atoms with van der Waals surface area (Å²) < 4.78 is 5.84. The molecule has 174 valence electrons. The van der Waals surface area contributed by atoms with Crippen molar-refractivity contribution >= 4 is 11.8 Å². The van der Waals surface area contributed by atoms with E-state index in [1.807, 2.05) is 37.4 Å². The molecule has 3 heterocycles. The Labute approximate surface area is 194 Å². The fourth-order valence-corrected chi connectivity index (χ4v) is 4.47. The minimum Gasteiger partial charge on any atom is -0.489 e. The lowest BCUT2D eigenvalue weighted by Gasteiger charge is -2.41. The van der Waals surface area contributed by atoms with Gasteiger partial charge in [-0.1, -0.05) is 24.3 Å². The van der Waals surface area contributed by atoms with Crippen molar-refractivity contribution in [3.8, 4) is 5.75 Å². The molecule has 8 heteroatoms. The molecule has 1 unspecified atom stereocenters. The third-order valence-corrected chi connectivity index (χ3v) is 6.20. The number of carbonyl (C=O) groups is 2. The first-order valence-corrected chi connectivity index (χ1v) is 11.5. The van der Waals surface area contributed by atoms with Crippen LogP contribution in [0.25, 0.3) is 0 Å². The van der Waals surface area contributed by atoms with Gasteiger partial charge in [-0.2, -0.15) is 0 Å². The molecule has 8 nitrogen and oxygen atoms in total. The number of allylic oxidation sites excluding steroid dienone is 1. The normalized spacial score (nSPS) is 22.6. The number of aryl methyl sites for hydroxylation is 1. The lowest BCUT2D eigenvalue weighted by Crippen LogP contribution is -2.52. The van der Waals surface area contributed by atoms with E-state index < -0.39 is 5.41 Å². The monoisotopic (exact) mass is 449 g/mol. The highest BCUT2D eigenvalue weighted by Crippen LogP contribution is 2.35. The quantitative estimate of drug-likeness (QED) is 0.683. The van der Waals surface area contributed by atoms with Crippen LogP contribution < -0.4 is 15.4 Å². The molecule has 2 N–H and O–H groups in total. The van der Waals surface area contributed by atoms with Crippen LogP contribution in [0.5, 0.6) is 5.75 Å². The Kier molecular flexibility index (Phi) is 7.34. The summed E-state index contributed by atoms with van der Waals surface area (Å²) in [6.07, 6.45) is 9.92. The Morgan fingerprint density at radius 2 is 1.94 bits per heavy atom. The van der Waals surface area contributed by atoms with E-state index in [0.29, 0.717) is 50.5 Å². The van der Waals surface area contributed by atoms with Crippen molar-refractivity contribution in [2.45, 2.75) is 32.7 Å². The van der Waals surface area contributed by atoms with Gasteiger partial charge >= 0.3 is 0 Å². The maximum Gasteiger partial charge on any atom is 0.255 e. The maximum absolute atomic E-state index is 13.3. The number of aromatic nitrogens is 2. The van der Waals surface area contributed by atoms with Crippen molar-refractivity contribution in [1.82, 2.24) is 25.5 Å². The molecule has 2 aromatic rings. The molecule has 1 aromatic carbocycles. The number of nitrogens with zero attached hydrogens (tertiary/aromatic N) is 3. The van der Waals surface area contributed by atoms with E-state index >= 15 is 0 Å². The molecule has 1 aromatic heterocycles. The molecule has 1 spiro atoms. The minimum absolute atomic E-state index is 0.0273. The first-order chi connectivity index (χ1) is 16.1. The van der Waals surface area contributed by atoms with Gasteiger partial charge in [0.1, 0.15) is 12.4 Å². The molecule has 2 amide bonds. The van der Waals surface area contributed by atoms with Gasteiger partial charge in [-0.15, -0.1) is 0 Å². The number of para-hydroxylation sites is 1. The summed E-state index contributed by atoms with van der Waals surface area (Å²) in [6, 6.07) is 7.19. The number of nitrogens with one attached hydrogen (secondary N) is 2. The van der Waals surface area contributed by atoms with Crippen LogP contribution in [0, 0.1) is 12.3 Å². The third kappa shape index (κ3) is 5.76. The third-order valence-electron chi connectivity index (χ3n) is 6.20. The molecule has 2 aliphatic heterocycles.